The van der Waals surface area contributed by atoms with Gasteiger partial charge in [0.25, 0.3) is 0 Å². The molecule has 7 heteroatoms. The molecule has 3 aliphatic carbocycles. The van der Waals surface area contributed by atoms with Gasteiger partial charge in [-0.25, -0.2) is 19.9 Å². The number of benzene rings is 18. The van der Waals surface area contributed by atoms with E-state index in [1.54, 1.807) is 0 Å². The van der Waals surface area contributed by atoms with Crippen LogP contribution < -0.4 is 0 Å². The molecule has 0 bridgehead atoms. The van der Waals surface area contributed by atoms with E-state index in [1.807, 2.05) is 30.5 Å². The number of rotatable bonds is 9. The monoisotopic (exact) mass is 1560 g/mol. The highest BCUT2D eigenvalue weighted by Crippen LogP contribution is 2.56. The van der Waals surface area contributed by atoms with Crippen LogP contribution in [0.2, 0.25) is 0 Å². The topological polar surface area (TPSA) is 66.3 Å². The molecule has 0 saturated heterocycles. The number of nitrogens with zero attached hydrogens (tertiary/aromatic N) is 7. The molecule has 7 nitrogen and oxygen atoms in total. The maximum atomic E-state index is 5.35. The van der Waals surface area contributed by atoms with Crippen molar-refractivity contribution in [1.29, 1.82) is 0 Å². The molecule has 0 amide bonds. The average Bonchev–Trinajstić information content (AvgIpc) is 1.54. The van der Waals surface area contributed by atoms with Crippen molar-refractivity contribution in [3.8, 4) is 151 Å². The number of aromatic nitrogens is 7. The Labute approximate surface area is 708 Å². The lowest BCUT2D eigenvalue weighted by molar-refractivity contribution is 0.996. The van der Waals surface area contributed by atoms with Crippen LogP contribution in [0, 0.1) is 0 Å². The highest BCUT2D eigenvalue weighted by atomic mass is 15.2. The first-order valence-corrected chi connectivity index (χ1v) is 42.1. The molecule has 27 rings (SSSR count). The number of hydrogen-bond acceptors (Lipinski definition) is 4. The Morgan fingerprint density at radius 3 is 0.797 bits per heavy atom. The molecule has 6 aromatic heterocycles. The molecule has 0 N–H and O–H groups in total. The standard InChI is InChI=1S/C44H27N3.C39H24N2.C33H20N2/c1-4-14-28(15-5-1)36-26-31-20-12-23-34-32-21-10-11-22-33(32)35-24-13-25-39-41(35)42(40(31)34)43(36)47(39)44-45-37(29-16-6-2-7-17-29)27-38(46-44)30-18-8-3-9-19-30;1-3-12-25(13-4-1)32-24-27-16-9-19-30-28-17-7-8-18-29(28)31-20-10-22-34-37(31)38(36(27)30)39(32)41(34)35-23-11-21-33(40-35)26-14-5-2-6-15-26;1-2-10-21(11-3-1)27-20-22-12-8-15-25-23-13-4-5-14-24(23)26-16-9-17-28-31(26)32(30(22)25)33(27)35(28)29-18-6-7-19-34-29/h1-27H;1-24H;1-20H. The lowest BCUT2D eigenvalue weighted by Gasteiger charge is -2.16. The Morgan fingerprint density at radius 1 is 0.163 bits per heavy atom. The highest BCUT2D eigenvalue weighted by molar-refractivity contribution is 6.36. The summed E-state index contributed by atoms with van der Waals surface area (Å²) in [5.41, 5.74) is 35.4. The second-order valence-corrected chi connectivity index (χ2v) is 32.1. The Balaban J connectivity index is 0.000000102. The van der Waals surface area contributed by atoms with Crippen LogP contribution in [-0.2, 0) is 0 Å². The second kappa shape index (κ2) is 28.1. The fourth-order valence-electron chi connectivity index (χ4n) is 20.3. The molecule has 18 aromatic carbocycles. The van der Waals surface area contributed by atoms with Crippen LogP contribution in [-0.4, -0.2) is 33.6 Å². The van der Waals surface area contributed by atoms with Gasteiger partial charge in [0.05, 0.1) is 50.2 Å². The first kappa shape index (κ1) is 69.6. The molecule has 0 spiro atoms. The van der Waals surface area contributed by atoms with Gasteiger partial charge in [-0.15, -0.1) is 0 Å². The van der Waals surface area contributed by atoms with E-state index in [4.69, 9.17) is 19.9 Å². The average molecular weight is 1560 g/mol. The molecule has 0 fully saturated rings. The molecule has 0 unspecified atom stereocenters. The van der Waals surface area contributed by atoms with Gasteiger partial charge in [-0.1, -0.05) is 358 Å². The fourth-order valence-corrected chi connectivity index (χ4v) is 20.3. The summed E-state index contributed by atoms with van der Waals surface area (Å²) in [6.07, 6.45) is 1.88. The van der Waals surface area contributed by atoms with Crippen molar-refractivity contribution in [2.75, 3.05) is 0 Å². The SMILES string of the molecule is c1ccc(-c2cc(-c3ccccc3)nc(-n3c4cccc5c4c4c6c(cccc6cc(-c6ccccc6)c43)-c3ccccc3-5)n2)cc1.c1ccc(-c2cc3cccc4c3c3c5c(cccc5n(-c5ccccn5)c23)-c2ccccc2-4)cc1.c1ccc(-c2cccc(-n3c4cccc5c4c4c6c(cccc6cc(-c6ccccc6)c43)-c3ccccc3-5)n2)cc1. The summed E-state index contributed by atoms with van der Waals surface area (Å²) in [7, 11) is 0. The van der Waals surface area contributed by atoms with Gasteiger partial charge in [-0.2, -0.15) is 0 Å². The van der Waals surface area contributed by atoms with Gasteiger partial charge in [0.1, 0.15) is 11.6 Å². The fraction of sp³-hybridized carbons (Fsp3) is 0. The van der Waals surface area contributed by atoms with E-state index in [2.05, 4.69) is 414 Å². The van der Waals surface area contributed by atoms with Crippen molar-refractivity contribution in [3.63, 3.8) is 0 Å². The molecular formula is C116H71N7. The van der Waals surface area contributed by atoms with Crippen LogP contribution in [0.5, 0.6) is 0 Å². The van der Waals surface area contributed by atoms with E-state index in [0.29, 0.717) is 5.95 Å². The van der Waals surface area contributed by atoms with Gasteiger partial charge in [0.15, 0.2) is 0 Å². The Morgan fingerprint density at radius 2 is 0.439 bits per heavy atom. The lowest BCUT2D eigenvalue weighted by atomic mass is 9.91. The highest BCUT2D eigenvalue weighted by Gasteiger charge is 2.33. The largest absolute Gasteiger partial charge is 0.293 e. The van der Waals surface area contributed by atoms with E-state index in [1.165, 1.54) is 176 Å². The third-order valence-electron chi connectivity index (χ3n) is 25.4. The van der Waals surface area contributed by atoms with Crippen LogP contribution in [0.1, 0.15) is 0 Å². The first-order chi connectivity index (χ1) is 61.1. The third kappa shape index (κ3) is 10.9. The zero-order chi connectivity index (χ0) is 80.7. The Bertz CT molecular complexity index is 8390. The number of fused-ring (bicyclic) bond motifs is 9. The minimum absolute atomic E-state index is 0.658. The predicted molar refractivity (Wildman–Crippen MR) is 512 cm³/mol. The van der Waals surface area contributed by atoms with Crippen molar-refractivity contribution in [2.24, 2.45) is 0 Å². The number of hydrogen-bond donors (Lipinski definition) is 0. The zero-order valence-electron chi connectivity index (χ0n) is 66.6. The normalized spacial score (nSPS) is 11.9. The van der Waals surface area contributed by atoms with Crippen molar-refractivity contribution < 1.29 is 0 Å². The molecule has 123 heavy (non-hydrogen) atoms. The van der Waals surface area contributed by atoms with Crippen LogP contribution in [0.15, 0.2) is 431 Å². The summed E-state index contributed by atoms with van der Waals surface area (Å²) in [4.78, 5) is 20.8. The van der Waals surface area contributed by atoms with Crippen molar-refractivity contribution >= 4 is 97.7 Å². The van der Waals surface area contributed by atoms with E-state index in [9.17, 15) is 0 Å². The Hall–Kier alpha value is -16.5. The van der Waals surface area contributed by atoms with Crippen LogP contribution in [0.25, 0.3) is 249 Å². The molecule has 0 radical (unpaired) electrons. The van der Waals surface area contributed by atoms with Crippen LogP contribution >= 0.6 is 0 Å². The summed E-state index contributed by atoms with van der Waals surface area (Å²) < 4.78 is 7.08. The van der Waals surface area contributed by atoms with Crippen LogP contribution in [0.3, 0.4) is 0 Å². The van der Waals surface area contributed by atoms with E-state index < -0.39 is 0 Å². The molecule has 0 saturated carbocycles. The third-order valence-corrected chi connectivity index (χ3v) is 25.4. The summed E-state index contributed by atoms with van der Waals surface area (Å²) in [5, 5.41) is 15.3. The molecule has 0 atom stereocenters. The maximum absolute atomic E-state index is 5.35. The summed E-state index contributed by atoms with van der Waals surface area (Å²) >= 11 is 0. The van der Waals surface area contributed by atoms with Crippen molar-refractivity contribution in [2.45, 2.75) is 0 Å². The zero-order valence-corrected chi connectivity index (χ0v) is 66.6. The van der Waals surface area contributed by atoms with Gasteiger partial charge < -0.3 is 0 Å². The molecule has 3 aliphatic rings. The van der Waals surface area contributed by atoms with E-state index >= 15 is 0 Å². The van der Waals surface area contributed by atoms with Crippen LogP contribution in [0.4, 0.5) is 0 Å². The van der Waals surface area contributed by atoms with E-state index in [0.717, 1.165) is 67.6 Å². The molecule has 6 heterocycles. The van der Waals surface area contributed by atoms with E-state index in [-0.39, 0.29) is 0 Å². The van der Waals surface area contributed by atoms with Crippen molar-refractivity contribution in [1.82, 2.24) is 33.6 Å². The number of pyridine rings is 2. The second-order valence-electron chi connectivity index (χ2n) is 32.1. The minimum Gasteiger partial charge on any atom is -0.293 e. The summed E-state index contributed by atoms with van der Waals surface area (Å²) in [6, 6.07) is 152. The quantitative estimate of drug-likeness (QED) is 0.144. The molecule has 24 aromatic rings. The summed E-state index contributed by atoms with van der Waals surface area (Å²) in [5.74, 6) is 2.52. The maximum Gasteiger partial charge on any atom is 0.235 e. The van der Waals surface area contributed by atoms with Crippen molar-refractivity contribution in [3.05, 3.63) is 431 Å². The van der Waals surface area contributed by atoms with Gasteiger partial charge >= 0.3 is 0 Å². The lowest BCUT2D eigenvalue weighted by Crippen LogP contribution is -2.05. The molecular weight excluding hydrogens is 1490 g/mol. The smallest absolute Gasteiger partial charge is 0.235 e. The first-order valence-electron chi connectivity index (χ1n) is 42.1. The molecule has 0 aliphatic heterocycles. The predicted octanol–water partition coefficient (Wildman–Crippen LogP) is 30.3. The van der Waals surface area contributed by atoms with Gasteiger partial charge in [-0.3, -0.25) is 13.7 Å². The minimum atomic E-state index is 0.658. The molecule has 570 valence electrons. The Kier molecular flexibility index (Phi) is 15.9. The van der Waals surface area contributed by atoms with Gasteiger partial charge in [0.2, 0.25) is 5.95 Å². The van der Waals surface area contributed by atoms with Gasteiger partial charge in [0, 0.05) is 71.9 Å². The summed E-state index contributed by atoms with van der Waals surface area (Å²) in [6.45, 7) is 0. The van der Waals surface area contributed by atoms with Gasteiger partial charge in [-0.05, 0) is 182 Å².